The summed E-state index contributed by atoms with van der Waals surface area (Å²) in [4.78, 5) is 22.1. The Hall–Kier alpha value is -2.28. The van der Waals surface area contributed by atoms with E-state index in [2.05, 4.69) is 0 Å². The lowest BCUT2D eigenvalue weighted by molar-refractivity contribution is -0.384. The molecule has 0 aliphatic carbocycles. The van der Waals surface area contributed by atoms with Crippen LogP contribution in [0.25, 0.3) is 0 Å². The van der Waals surface area contributed by atoms with E-state index in [0.29, 0.717) is 5.56 Å². The number of benzene rings is 1. The summed E-state index contributed by atoms with van der Waals surface area (Å²) in [6.07, 6.45) is 1.56. The molecule has 1 aromatic carbocycles. The van der Waals surface area contributed by atoms with Crippen LogP contribution in [0.3, 0.4) is 0 Å². The van der Waals surface area contributed by atoms with Crippen molar-refractivity contribution < 1.29 is 9.72 Å². The van der Waals surface area contributed by atoms with Crippen molar-refractivity contribution in [2.75, 3.05) is 0 Å². The first-order chi connectivity index (χ1) is 8.58. The smallest absolute Gasteiger partial charge is 0.269 e. The van der Waals surface area contributed by atoms with Crippen molar-refractivity contribution in [3.05, 3.63) is 56.3 Å². The second-order valence-corrected chi connectivity index (χ2v) is 4.47. The molecule has 0 aliphatic rings. The quantitative estimate of drug-likeness (QED) is 0.676. The first-order valence-corrected chi connectivity index (χ1v) is 5.93. The average molecular weight is 263 g/mol. The topological polar surface area (TPSA) is 89.0 Å². The first kappa shape index (κ1) is 12.2. The number of nitro groups is 1. The number of carbonyl (C=O) groups excluding carboxylic acids is 1. The van der Waals surface area contributed by atoms with Crippen molar-refractivity contribution in [3.63, 3.8) is 0 Å². The van der Waals surface area contributed by atoms with Crippen LogP contribution < -0.4 is 4.80 Å². The monoisotopic (exact) mass is 263 g/mol. The fraction of sp³-hybridized carbons (Fsp3) is 0.0909. The highest BCUT2D eigenvalue weighted by Crippen LogP contribution is 2.13. The normalized spacial score (nSPS) is 10.2. The van der Waals surface area contributed by atoms with E-state index in [1.165, 1.54) is 22.9 Å². The first-order valence-electron chi connectivity index (χ1n) is 5.05. The third kappa shape index (κ3) is 2.51. The fourth-order valence-corrected chi connectivity index (χ4v) is 2.10. The Kier molecular flexibility index (Phi) is 3.33. The fourth-order valence-electron chi connectivity index (χ4n) is 1.52. The molecule has 0 fully saturated rings. The Morgan fingerprint density at radius 3 is 2.89 bits per heavy atom. The molecule has 1 aromatic heterocycles. The molecule has 0 atom stereocenters. The van der Waals surface area contributed by atoms with Crippen molar-refractivity contribution in [2.45, 2.75) is 6.42 Å². The van der Waals surface area contributed by atoms with Gasteiger partial charge in [0.15, 0.2) is 4.80 Å². The molecular formula is C11H9N3O3S. The second kappa shape index (κ2) is 4.92. The van der Waals surface area contributed by atoms with Gasteiger partial charge in [-0.25, -0.2) is 0 Å². The Labute approximate surface area is 106 Å². The van der Waals surface area contributed by atoms with E-state index >= 15 is 0 Å². The molecule has 0 aliphatic heterocycles. The largest absolute Gasteiger partial charge is 0.275 e. The number of nitrogens with one attached hydrogen (secondary N) is 1. The summed E-state index contributed by atoms with van der Waals surface area (Å²) in [5.74, 6) is -0.276. The van der Waals surface area contributed by atoms with E-state index in [-0.39, 0.29) is 22.8 Å². The van der Waals surface area contributed by atoms with Gasteiger partial charge in [0.1, 0.15) is 0 Å². The molecule has 1 N–H and O–H groups in total. The maximum Gasteiger partial charge on any atom is 0.269 e. The molecule has 18 heavy (non-hydrogen) atoms. The van der Waals surface area contributed by atoms with Crippen LogP contribution in [0.5, 0.6) is 0 Å². The Balaban J connectivity index is 2.22. The number of thiazole rings is 1. The van der Waals surface area contributed by atoms with Crippen molar-refractivity contribution >= 4 is 22.9 Å². The maximum atomic E-state index is 11.9. The van der Waals surface area contributed by atoms with E-state index in [1.807, 2.05) is 0 Å². The van der Waals surface area contributed by atoms with Crippen molar-refractivity contribution in [3.8, 4) is 0 Å². The lowest BCUT2D eigenvalue weighted by Gasteiger charge is -2.01. The molecule has 0 saturated heterocycles. The minimum absolute atomic E-state index is 0.0367. The van der Waals surface area contributed by atoms with Crippen LogP contribution in [0.4, 0.5) is 5.69 Å². The van der Waals surface area contributed by atoms with Gasteiger partial charge >= 0.3 is 0 Å². The van der Waals surface area contributed by atoms with Gasteiger partial charge in [-0.05, 0) is 5.56 Å². The van der Waals surface area contributed by atoms with Crippen LogP contribution in [-0.4, -0.2) is 15.4 Å². The Morgan fingerprint density at radius 2 is 2.28 bits per heavy atom. The highest BCUT2D eigenvalue weighted by Gasteiger charge is 2.10. The third-order valence-corrected chi connectivity index (χ3v) is 3.03. The number of rotatable bonds is 3. The maximum absolute atomic E-state index is 11.9. The summed E-state index contributed by atoms with van der Waals surface area (Å²) >= 11 is 1.15. The van der Waals surface area contributed by atoms with Gasteiger partial charge in [-0.1, -0.05) is 12.1 Å². The number of nitro benzene ring substituents is 1. The summed E-state index contributed by atoms with van der Waals surface area (Å²) in [5.41, 5.74) is 0.522. The summed E-state index contributed by atoms with van der Waals surface area (Å²) < 4.78 is 1.23. The molecule has 92 valence electrons. The van der Waals surface area contributed by atoms with Crippen molar-refractivity contribution in [2.24, 2.45) is 0 Å². The van der Waals surface area contributed by atoms with Gasteiger partial charge in [-0.2, -0.15) is 0 Å². The van der Waals surface area contributed by atoms with Gasteiger partial charge in [-0.15, -0.1) is 11.3 Å². The van der Waals surface area contributed by atoms with Gasteiger partial charge in [0.2, 0.25) is 5.91 Å². The molecule has 0 amide bonds. The van der Waals surface area contributed by atoms with E-state index < -0.39 is 4.92 Å². The molecule has 7 heteroatoms. The van der Waals surface area contributed by atoms with E-state index in [1.54, 1.807) is 17.5 Å². The molecule has 6 nitrogen and oxygen atoms in total. The zero-order chi connectivity index (χ0) is 13.1. The van der Waals surface area contributed by atoms with Gasteiger partial charge < -0.3 is 0 Å². The van der Waals surface area contributed by atoms with Crippen LogP contribution in [0, 0.1) is 15.5 Å². The molecule has 0 spiro atoms. The number of nitrogens with zero attached hydrogens (tertiary/aromatic N) is 2. The van der Waals surface area contributed by atoms with Crippen LogP contribution in [-0.2, 0) is 6.42 Å². The number of hydrogen-bond donors (Lipinski definition) is 1. The number of aromatic nitrogens is 1. The van der Waals surface area contributed by atoms with Crippen molar-refractivity contribution in [1.29, 1.82) is 5.41 Å². The highest BCUT2D eigenvalue weighted by molar-refractivity contribution is 7.07. The molecule has 0 unspecified atom stereocenters. The second-order valence-electron chi connectivity index (χ2n) is 3.58. The van der Waals surface area contributed by atoms with Crippen molar-refractivity contribution in [1.82, 2.24) is 4.57 Å². The van der Waals surface area contributed by atoms with Crippen LogP contribution >= 0.6 is 11.3 Å². The number of non-ortho nitro benzene ring substituents is 1. The summed E-state index contributed by atoms with van der Waals surface area (Å²) in [7, 11) is 0. The minimum atomic E-state index is -0.498. The number of carbonyl (C=O) groups is 1. The van der Waals surface area contributed by atoms with Crippen LogP contribution in [0.1, 0.15) is 10.4 Å². The SMILES string of the molecule is N=c1sccn1C(=O)Cc1cccc([N+](=O)[O-])c1. The number of hydrogen-bond acceptors (Lipinski definition) is 5. The summed E-state index contributed by atoms with van der Waals surface area (Å²) in [6.45, 7) is 0. The predicted octanol–water partition coefficient (Wildman–Crippen LogP) is 1.82. The van der Waals surface area contributed by atoms with Gasteiger partial charge in [0.25, 0.3) is 5.69 Å². The van der Waals surface area contributed by atoms with Crippen LogP contribution in [0.2, 0.25) is 0 Å². The molecule has 0 radical (unpaired) electrons. The minimum Gasteiger partial charge on any atom is -0.275 e. The Morgan fingerprint density at radius 1 is 1.50 bits per heavy atom. The summed E-state index contributed by atoms with van der Waals surface area (Å²) in [5, 5.41) is 19.8. The standard InChI is InChI=1S/C11H9N3O3S/c12-11-13(4-5-18-11)10(15)7-8-2-1-3-9(6-8)14(16)17/h1-6,12H,7H2. The van der Waals surface area contributed by atoms with Gasteiger partial charge in [-0.3, -0.25) is 24.9 Å². The molecular weight excluding hydrogens is 254 g/mol. The van der Waals surface area contributed by atoms with E-state index in [4.69, 9.17) is 5.41 Å². The van der Waals surface area contributed by atoms with Crippen LogP contribution in [0.15, 0.2) is 35.8 Å². The van der Waals surface area contributed by atoms with E-state index in [0.717, 1.165) is 11.3 Å². The van der Waals surface area contributed by atoms with E-state index in [9.17, 15) is 14.9 Å². The molecule has 2 rings (SSSR count). The molecule has 0 bridgehead atoms. The Bertz CT molecular complexity index is 659. The lowest BCUT2D eigenvalue weighted by atomic mass is 10.1. The van der Waals surface area contributed by atoms with Gasteiger partial charge in [0, 0.05) is 23.7 Å². The summed E-state index contributed by atoms with van der Waals surface area (Å²) in [6, 6.07) is 5.94. The third-order valence-electron chi connectivity index (χ3n) is 2.35. The predicted molar refractivity (Wildman–Crippen MR) is 65.6 cm³/mol. The zero-order valence-corrected chi connectivity index (χ0v) is 10.0. The molecule has 2 aromatic rings. The zero-order valence-electron chi connectivity index (χ0n) is 9.20. The van der Waals surface area contributed by atoms with Gasteiger partial charge in [0.05, 0.1) is 11.3 Å². The average Bonchev–Trinajstić information content (AvgIpc) is 2.76. The molecule has 1 heterocycles. The lowest BCUT2D eigenvalue weighted by Crippen LogP contribution is -2.22. The molecule has 0 saturated carbocycles. The highest BCUT2D eigenvalue weighted by atomic mass is 32.1.